The van der Waals surface area contributed by atoms with Crippen molar-refractivity contribution in [3.05, 3.63) is 96.0 Å². The second kappa shape index (κ2) is 8.17. The Kier molecular flexibility index (Phi) is 5.84. The highest BCUT2D eigenvalue weighted by Crippen LogP contribution is 2.22. The lowest BCUT2D eigenvalue weighted by molar-refractivity contribution is 0.102. The molecule has 1 aromatic carbocycles. The smallest absolute Gasteiger partial charge is 0.287 e. The summed E-state index contributed by atoms with van der Waals surface area (Å²) in [5, 5.41) is 0.419. The van der Waals surface area contributed by atoms with Crippen molar-refractivity contribution in [2.75, 3.05) is 0 Å². The van der Waals surface area contributed by atoms with Gasteiger partial charge in [-0.25, -0.2) is 4.79 Å². The number of pyridine rings is 1. The van der Waals surface area contributed by atoms with E-state index in [4.69, 9.17) is 11.6 Å². The van der Waals surface area contributed by atoms with Crippen molar-refractivity contribution in [1.29, 1.82) is 0 Å². The normalized spacial score (nSPS) is 11.1. The van der Waals surface area contributed by atoms with E-state index in [1.165, 1.54) is 4.57 Å². The fourth-order valence-electron chi connectivity index (χ4n) is 3.41. The van der Waals surface area contributed by atoms with Crippen LogP contribution in [0.1, 0.15) is 58.2 Å². The number of aromatic amines is 1. The Morgan fingerprint density at radius 2 is 1.90 bits per heavy atom. The molecular formula is C22H22ClN3O3. The van der Waals surface area contributed by atoms with Crippen molar-refractivity contribution >= 4 is 17.4 Å². The minimum absolute atomic E-state index is 0.0879. The maximum absolute atomic E-state index is 13.5. The number of aromatic nitrogens is 3. The Hall–Kier alpha value is -2.99. The number of hydrogen-bond donors (Lipinski definition) is 1. The predicted molar refractivity (Wildman–Crippen MR) is 113 cm³/mol. The van der Waals surface area contributed by atoms with Crippen LogP contribution in [0.2, 0.25) is 5.02 Å². The van der Waals surface area contributed by atoms with E-state index >= 15 is 0 Å². The van der Waals surface area contributed by atoms with Crippen LogP contribution < -0.4 is 11.2 Å². The lowest BCUT2D eigenvalue weighted by Crippen LogP contribution is -2.38. The Morgan fingerprint density at radius 1 is 1.17 bits per heavy atom. The van der Waals surface area contributed by atoms with E-state index in [2.05, 4.69) is 9.97 Å². The molecule has 0 aliphatic heterocycles. The summed E-state index contributed by atoms with van der Waals surface area (Å²) in [4.78, 5) is 45.3. The van der Waals surface area contributed by atoms with Gasteiger partial charge in [0, 0.05) is 28.0 Å². The summed E-state index contributed by atoms with van der Waals surface area (Å²) in [5.41, 5.74) is 1.94. The largest absolute Gasteiger partial charge is 0.329 e. The monoisotopic (exact) mass is 411 g/mol. The summed E-state index contributed by atoms with van der Waals surface area (Å²) < 4.78 is 1.32. The highest BCUT2D eigenvalue weighted by atomic mass is 35.5. The molecule has 0 unspecified atom stereocenters. The molecule has 1 N–H and O–H groups in total. The molecule has 0 radical (unpaired) electrons. The number of benzene rings is 1. The lowest BCUT2D eigenvalue weighted by Gasteiger charge is -2.18. The average molecular weight is 412 g/mol. The van der Waals surface area contributed by atoms with Crippen molar-refractivity contribution in [2.45, 2.75) is 40.2 Å². The Labute approximate surface area is 173 Å². The second-order valence-electron chi connectivity index (χ2n) is 7.41. The Balaban J connectivity index is 2.28. The van der Waals surface area contributed by atoms with Crippen LogP contribution >= 0.6 is 11.6 Å². The van der Waals surface area contributed by atoms with Gasteiger partial charge in [0.1, 0.15) is 5.69 Å². The molecule has 0 aliphatic carbocycles. The topological polar surface area (TPSA) is 84.8 Å². The fraction of sp³-hybridized carbons (Fsp3) is 0.273. The van der Waals surface area contributed by atoms with Crippen LogP contribution in [0, 0.1) is 13.8 Å². The number of H-pyrrole nitrogens is 1. The molecule has 0 aliphatic rings. The van der Waals surface area contributed by atoms with Crippen LogP contribution in [-0.2, 0) is 6.54 Å². The average Bonchev–Trinajstić information content (AvgIpc) is 2.62. The minimum Gasteiger partial charge on any atom is -0.287 e. The third kappa shape index (κ3) is 4.38. The van der Waals surface area contributed by atoms with Crippen molar-refractivity contribution in [3.63, 3.8) is 0 Å². The minimum atomic E-state index is -0.629. The van der Waals surface area contributed by atoms with Gasteiger partial charge in [0.2, 0.25) is 5.78 Å². The van der Waals surface area contributed by atoms with Gasteiger partial charge in [-0.15, -0.1) is 0 Å². The molecule has 3 aromatic rings. The molecule has 3 rings (SSSR count). The Morgan fingerprint density at radius 3 is 2.52 bits per heavy atom. The quantitative estimate of drug-likeness (QED) is 0.650. The summed E-state index contributed by atoms with van der Waals surface area (Å²) in [5.74, 6) is -0.669. The van der Waals surface area contributed by atoms with E-state index in [0.717, 1.165) is 16.8 Å². The van der Waals surface area contributed by atoms with E-state index in [0.29, 0.717) is 10.6 Å². The van der Waals surface area contributed by atoms with E-state index in [1.807, 2.05) is 33.8 Å². The molecule has 0 spiro atoms. The van der Waals surface area contributed by atoms with Crippen molar-refractivity contribution in [1.82, 2.24) is 14.5 Å². The number of hydrogen-bond acceptors (Lipinski definition) is 4. The van der Waals surface area contributed by atoms with E-state index < -0.39 is 17.0 Å². The number of halogens is 1. The van der Waals surface area contributed by atoms with Crippen molar-refractivity contribution in [2.24, 2.45) is 0 Å². The van der Waals surface area contributed by atoms with Crippen molar-refractivity contribution in [3.8, 4) is 0 Å². The zero-order valence-electron chi connectivity index (χ0n) is 16.7. The van der Waals surface area contributed by atoms with Gasteiger partial charge in [-0.2, -0.15) is 0 Å². The van der Waals surface area contributed by atoms with Crippen molar-refractivity contribution < 1.29 is 4.79 Å². The number of nitrogens with one attached hydrogen (secondary N) is 1. The molecule has 0 fully saturated rings. The van der Waals surface area contributed by atoms with Crippen LogP contribution in [0.25, 0.3) is 0 Å². The van der Waals surface area contributed by atoms with Crippen LogP contribution in [0.5, 0.6) is 0 Å². The summed E-state index contributed by atoms with van der Waals surface area (Å²) in [6, 6.07) is 8.60. The van der Waals surface area contributed by atoms with Gasteiger partial charge in [0.15, 0.2) is 0 Å². The zero-order valence-corrected chi connectivity index (χ0v) is 17.5. The van der Waals surface area contributed by atoms with Crippen LogP contribution in [0.3, 0.4) is 0 Å². The first-order valence-electron chi connectivity index (χ1n) is 9.27. The standard InChI is InChI=1S/C22H22ClN3O3/c1-12(2)18-19(20(27)16-7-13(3)8-17(23)10-16)26(22(29)25-21(18)28)11-15-5-6-24-14(4)9-15/h5-10,12H,11H2,1-4H3,(H,25,28,29). The highest BCUT2D eigenvalue weighted by molar-refractivity contribution is 6.31. The van der Waals surface area contributed by atoms with Gasteiger partial charge in [-0.1, -0.05) is 25.4 Å². The number of rotatable bonds is 5. The first-order valence-corrected chi connectivity index (χ1v) is 9.65. The van der Waals surface area contributed by atoms with Gasteiger partial charge >= 0.3 is 5.69 Å². The molecule has 7 heteroatoms. The highest BCUT2D eigenvalue weighted by Gasteiger charge is 2.25. The summed E-state index contributed by atoms with van der Waals surface area (Å²) in [6.45, 7) is 7.45. The zero-order chi connectivity index (χ0) is 21.3. The van der Waals surface area contributed by atoms with Gasteiger partial charge in [-0.3, -0.25) is 24.1 Å². The third-order valence-electron chi connectivity index (χ3n) is 4.63. The molecule has 6 nitrogen and oxygen atoms in total. The van der Waals surface area contributed by atoms with Crippen LogP contribution in [0.4, 0.5) is 0 Å². The first kappa shape index (κ1) is 20.7. The molecule has 0 atom stereocenters. The van der Waals surface area contributed by atoms with E-state index in [-0.39, 0.29) is 23.7 Å². The van der Waals surface area contributed by atoms with Crippen LogP contribution in [0.15, 0.2) is 46.1 Å². The molecule has 150 valence electrons. The molecule has 0 amide bonds. The molecule has 2 aromatic heterocycles. The molecule has 0 bridgehead atoms. The van der Waals surface area contributed by atoms with Gasteiger partial charge in [0.25, 0.3) is 5.56 Å². The molecule has 29 heavy (non-hydrogen) atoms. The summed E-state index contributed by atoms with van der Waals surface area (Å²) in [6.07, 6.45) is 1.65. The number of ketones is 1. The molecule has 0 saturated carbocycles. The molecule has 0 saturated heterocycles. The van der Waals surface area contributed by atoms with Gasteiger partial charge < -0.3 is 0 Å². The number of carbonyl (C=O) groups excluding carboxylic acids is 1. The molecule has 2 heterocycles. The SMILES string of the molecule is Cc1cc(Cl)cc(C(=O)c2c(C(C)C)c(=O)[nH]c(=O)n2Cc2ccnc(C)c2)c1. The molecular weight excluding hydrogens is 390 g/mol. The summed E-state index contributed by atoms with van der Waals surface area (Å²) in [7, 11) is 0. The fourth-order valence-corrected chi connectivity index (χ4v) is 3.70. The second-order valence-corrected chi connectivity index (χ2v) is 7.85. The van der Waals surface area contributed by atoms with Gasteiger partial charge in [0.05, 0.1) is 6.54 Å². The third-order valence-corrected chi connectivity index (χ3v) is 4.85. The number of carbonyl (C=O) groups is 1. The predicted octanol–water partition coefficient (Wildman–Crippen LogP) is 3.60. The van der Waals surface area contributed by atoms with E-state index in [1.54, 1.807) is 30.5 Å². The van der Waals surface area contributed by atoms with Gasteiger partial charge in [-0.05, 0) is 61.2 Å². The number of aryl methyl sites for hydroxylation is 2. The lowest BCUT2D eigenvalue weighted by atomic mass is 9.96. The Bertz CT molecular complexity index is 1190. The van der Waals surface area contributed by atoms with Crippen LogP contribution in [-0.4, -0.2) is 20.3 Å². The van der Waals surface area contributed by atoms with E-state index in [9.17, 15) is 14.4 Å². The first-order chi connectivity index (χ1) is 13.7. The summed E-state index contributed by atoms with van der Waals surface area (Å²) >= 11 is 6.14. The number of nitrogens with zero attached hydrogens (tertiary/aromatic N) is 2. The maximum Gasteiger partial charge on any atom is 0.329 e. The maximum atomic E-state index is 13.5.